The molecule has 0 bridgehead atoms. The Morgan fingerprint density at radius 3 is 2.73 bits per heavy atom. The van der Waals surface area contributed by atoms with Crippen LogP contribution in [-0.4, -0.2) is 34.8 Å². The summed E-state index contributed by atoms with van der Waals surface area (Å²) < 4.78 is 0. The van der Waals surface area contributed by atoms with Crippen LogP contribution in [-0.2, 0) is 11.2 Å². The molecular formula is C19H19N3O2S2. The molecule has 5 nitrogen and oxygen atoms in total. The Labute approximate surface area is 159 Å². The maximum absolute atomic E-state index is 12.5. The summed E-state index contributed by atoms with van der Waals surface area (Å²) in [6.45, 7) is 1.43. The molecule has 0 aromatic carbocycles. The molecular weight excluding hydrogens is 366 g/mol. The Morgan fingerprint density at radius 2 is 2.04 bits per heavy atom. The van der Waals surface area contributed by atoms with Crippen LogP contribution in [0, 0.1) is 0 Å². The lowest BCUT2D eigenvalue weighted by Gasteiger charge is -2.32. The van der Waals surface area contributed by atoms with Crippen LogP contribution in [0.1, 0.15) is 38.9 Å². The number of rotatable bonds is 4. The fourth-order valence-electron chi connectivity index (χ4n) is 3.63. The van der Waals surface area contributed by atoms with Gasteiger partial charge in [-0.15, -0.1) is 22.7 Å². The number of fused-ring (bicyclic) bond motifs is 1. The Morgan fingerprint density at radius 1 is 1.23 bits per heavy atom. The first-order valence-corrected chi connectivity index (χ1v) is 10.3. The topological polar surface area (TPSA) is 76.3 Å². The number of nitrogens with zero attached hydrogens (tertiary/aromatic N) is 2. The van der Waals surface area contributed by atoms with Gasteiger partial charge in [0.05, 0.1) is 11.3 Å². The van der Waals surface area contributed by atoms with E-state index < -0.39 is 0 Å². The van der Waals surface area contributed by atoms with Crippen molar-refractivity contribution < 1.29 is 9.59 Å². The molecule has 1 fully saturated rings. The van der Waals surface area contributed by atoms with Gasteiger partial charge in [0.15, 0.2) is 0 Å². The monoisotopic (exact) mass is 385 g/mol. The number of nitrogens with two attached hydrogens (primary N) is 1. The highest BCUT2D eigenvalue weighted by Gasteiger charge is 2.29. The van der Waals surface area contributed by atoms with E-state index in [1.807, 2.05) is 34.5 Å². The van der Waals surface area contributed by atoms with E-state index in [1.165, 1.54) is 11.3 Å². The number of carbonyl (C=O) groups is 2. The van der Waals surface area contributed by atoms with E-state index >= 15 is 0 Å². The average molecular weight is 386 g/mol. The molecule has 26 heavy (non-hydrogen) atoms. The van der Waals surface area contributed by atoms with E-state index in [4.69, 9.17) is 5.73 Å². The molecule has 0 radical (unpaired) electrons. The zero-order valence-corrected chi connectivity index (χ0v) is 15.8. The highest BCUT2D eigenvalue weighted by Crippen LogP contribution is 2.39. The summed E-state index contributed by atoms with van der Waals surface area (Å²) in [4.78, 5) is 33.3. The third-order valence-corrected chi connectivity index (χ3v) is 6.91. The molecule has 1 saturated heterocycles. The van der Waals surface area contributed by atoms with Gasteiger partial charge in [0.1, 0.15) is 4.83 Å². The lowest BCUT2D eigenvalue weighted by Crippen LogP contribution is -2.38. The number of hydrogen-bond donors (Lipinski definition) is 1. The number of amides is 2. The molecule has 0 saturated carbocycles. The van der Waals surface area contributed by atoms with Gasteiger partial charge in [0.25, 0.3) is 5.91 Å². The lowest BCUT2D eigenvalue weighted by atomic mass is 9.87. The smallest absolute Gasteiger partial charge is 0.259 e. The van der Waals surface area contributed by atoms with E-state index in [0.29, 0.717) is 24.4 Å². The van der Waals surface area contributed by atoms with Crippen molar-refractivity contribution in [1.29, 1.82) is 0 Å². The van der Waals surface area contributed by atoms with Gasteiger partial charge in [-0.2, -0.15) is 0 Å². The maximum atomic E-state index is 12.5. The Balaban J connectivity index is 1.51. The molecule has 2 amide bonds. The first-order valence-electron chi connectivity index (χ1n) is 8.61. The molecule has 0 atom stereocenters. The molecule has 0 aliphatic carbocycles. The third kappa shape index (κ3) is 3.24. The summed E-state index contributed by atoms with van der Waals surface area (Å²) in [7, 11) is 0. The molecule has 134 valence electrons. The van der Waals surface area contributed by atoms with Gasteiger partial charge >= 0.3 is 0 Å². The number of piperidine rings is 1. The van der Waals surface area contributed by atoms with Gasteiger partial charge in [-0.05, 0) is 41.8 Å². The van der Waals surface area contributed by atoms with Crippen molar-refractivity contribution in [2.45, 2.75) is 25.2 Å². The van der Waals surface area contributed by atoms with Crippen molar-refractivity contribution in [3.8, 4) is 0 Å². The second-order valence-electron chi connectivity index (χ2n) is 6.48. The summed E-state index contributed by atoms with van der Waals surface area (Å²) >= 11 is 2.99. The van der Waals surface area contributed by atoms with Gasteiger partial charge in [0, 0.05) is 29.5 Å². The highest BCUT2D eigenvalue weighted by molar-refractivity contribution is 7.20. The molecule has 1 aliphatic rings. The van der Waals surface area contributed by atoms with Crippen LogP contribution in [0.5, 0.6) is 0 Å². The summed E-state index contributed by atoms with van der Waals surface area (Å²) in [6, 6.07) is 7.87. The quantitative estimate of drug-likeness (QED) is 0.748. The van der Waals surface area contributed by atoms with Gasteiger partial charge < -0.3 is 10.6 Å². The maximum Gasteiger partial charge on any atom is 0.259 e. The number of pyridine rings is 1. The third-order valence-electron chi connectivity index (χ3n) is 4.89. The molecule has 7 heteroatoms. The lowest BCUT2D eigenvalue weighted by molar-refractivity contribution is -0.131. The minimum absolute atomic E-state index is 0.179. The van der Waals surface area contributed by atoms with Gasteiger partial charge in [-0.1, -0.05) is 12.1 Å². The van der Waals surface area contributed by atoms with Crippen molar-refractivity contribution in [3.05, 3.63) is 51.2 Å². The first-order chi connectivity index (χ1) is 12.6. The molecule has 1 aliphatic heterocycles. The fraction of sp³-hybridized carbons (Fsp3) is 0.316. The van der Waals surface area contributed by atoms with Gasteiger partial charge in [-0.3, -0.25) is 9.59 Å². The standard InChI is InChI=1S/C19H19N3O2S2/c20-18(24)17-16(14-4-1-7-21-19(14)26-17)12-5-8-22(9-6-12)15(23)11-13-3-2-10-25-13/h1-4,7,10,12H,5-6,8-9,11H2,(H2,20,24). The van der Waals surface area contributed by atoms with Crippen LogP contribution in [0.4, 0.5) is 0 Å². The number of carbonyl (C=O) groups excluding carboxylic acids is 2. The zero-order valence-electron chi connectivity index (χ0n) is 14.2. The summed E-state index contributed by atoms with van der Waals surface area (Å²) in [6.07, 6.45) is 3.90. The Kier molecular flexibility index (Phi) is 4.74. The number of thiophene rings is 2. The number of hydrogen-bond acceptors (Lipinski definition) is 5. The van der Waals surface area contributed by atoms with E-state index in [2.05, 4.69) is 4.98 Å². The van der Waals surface area contributed by atoms with Crippen LogP contribution in [0.2, 0.25) is 0 Å². The summed E-state index contributed by atoms with van der Waals surface area (Å²) in [5.74, 6) is 0.0262. The molecule has 0 spiro atoms. The average Bonchev–Trinajstić information content (AvgIpc) is 3.29. The van der Waals surface area contributed by atoms with Gasteiger partial charge in [-0.25, -0.2) is 4.98 Å². The highest BCUT2D eigenvalue weighted by atomic mass is 32.1. The summed E-state index contributed by atoms with van der Waals surface area (Å²) in [5.41, 5.74) is 6.64. The van der Waals surface area contributed by atoms with Crippen LogP contribution < -0.4 is 5.73 Å². The second kappa shape index (κ2) is 7.17. The second-order valence-corrected chi connectivity index (χ2v) is 8.51. The summed E-state index contributed by atoms with van der Waals surface area (Å²) in [5, 5.41) is 3.02. The van der Waals surface area contributed by atoms with E-state index in [1.54, 1.807) is 17.5 Å². The number of likely N-dealkylation sites (tertiary alicyclic amines) is 1. The van der Waals surface area contributed by atoms with Crippen LogP contribution in [0.25, 0.3) is 10.2 Å². The predicted octanol–water partition coefficient (Wildman–Crippen LogP) is 3.41. The Bertz CT molecular complexity index is 941. The molecule has 3 aromatic rings. The van der Waals surface area contributed by atoms with Crippen LogP contribution in [0.15, 0.2) is 35.8 Å². The normalized spacial score (nSPS) is 15.5. The van der Waals surface area contributed by atoms with Crippen molar-refractivity contribution in [1.82, 2.24) is 9.88 Å². The molecule has 0 unspecified atom stereocenters. The SMILES string of the molecule is NC(=O)c1sc2ncccc2c1C1CCN(C(=O)Cc2cccs2)CC1. The van der Waals surface area contributed by atoms with E-state index in [9.17, 15) is 9.59 Å². The molecule has 2 N–H and O–H groups in total. The van der Waals surface area contributed by atoms with Crippen molar-refractivity contribution in [2.24, 2.45) is 5.73 Å². The fourth-order valence-corrected chi connectivity index (χ4v) is 5.41. The molecule has 3 aromatic heterocycles. The Hall–Kier alpha value is -2.25. The van der Waals surface area contributed by atoms with Crippen molar-refractivity contribution in [3.63, 3.8) is 0 Å². The largest absolute Gasteiger partial charge is 0.365 e. The molecule has 4 rings (SSSR count). The predicted molar refractivity (Wildman–Crippen MR) is 105 cm³/mol. The minimum atomic E-state index is -0.390. The zero-order chi connectivity index (χ0) is 18.1. The number of primary amides is 1. The van der Waals surface area contributed by atoms with Crippen LogP contribution in [0.3, 0.4) is 0 Å². The number of aromatic nitrogens is 1. The molecule has 4 heterocycles. The van der Waals surface area contributed by atoms with E-state index in [-0.39, 0.29) is 17.7 Å². The van der Waals surface area contributed by atoms with Crippen LogP contribution >= 0.6 is 22.7 Å². The first kappa shape index (κ1) is 17.2. The van der Waals surface area contributed by atoms with Crippen molar-refractivity contribution >= 4 is 44.7 Å². The van der Waals surface area contributed by atoms with E-state index in [0.717, 1.165) is 33.5 Å². The minimum Gasteiger partial charge on any atom is -0.365 e. The van der Waals surface area contributed by atoms with Crippen molar-refractivity contribution in [2.75, 3.05) is 13.1 Å². The van der Waals surface area contributed by atoms with Gasteiger partial charge in [0.2, 0.25) is 5.91 Å².